The number of nitrogens with zero attached hydrogens (tertiary/aromatic N) is 1. The first-order valence-corrected chi connectivity index (χ1v) is 8.13. The van der Waals surface area contributed by atoms with Gasteiger partial charge < -0.3 is 15.2 Å². The van der Waals surface area contributed by atoms with Crippen LogP contribution in [0.5, 0.6) is 11.5 Å². The maximum Gasteiger partial charge on any atom is 0.130 e. The van der Waals surface area contributed by atoms with Gasteiger partial charge >= 0.3 is 0 Å². The molecule has 1 atom stereocenters. The van der Waals surface area contributed by atoms with Crippen molar-refractivity contribution < 1.29 is 9.47 Å². The Morgan fingerprint density at radius 2 is 1.78 bits per heavy atom. The van der Waals surface area contributed by atoms with E-state index in [9.17, 15) is 0 Å². The Morgan fingerprint density at radius 1 is 1.09 bits per heavy atom. The second-order valence-corrected chi connectivity index (χ2v) is 5.84. The third-order valence-electron chi connectivity index (χ3n) is 4.30. The molecule has 3 rings (SSSR count). The number of aryl methyl sites for hydroxylation is 1. The Hall–Kier alpha value is -1.88. The van der Waals surface area contributed by atoms with E-state index in [4.69, 9.17) is 15.2 Å². The molecule has 0 amide bonds. The summed E-state index contributed by atoms with van der Waals surface area (Å²) < 4.78 is 11.4. The van der Waals surface area contributed by atoms with E-state index in [2.05, 4.69) is 17.0 Å². The maximum absolute atomic E-state index is 6.00. The van der Waals surface area contributed by atoms with E-state index in [1.807, 2.05) is 43.3 Å². The molecule has 1 saturated heterocycles. The summed E-state index contributed by atoms with van der Waals surface area (Å²) in [6.45, 7) is 6.09. The summed E-state index contributed by atoms with van der Waals surface area (Å²) in [6, 6.07) is 16.5. The van der Waals surface area contributed by atoms with Gasteiger partial charge in [0.25, 0.3) is 0 Å². The molecule has 1 aliphatic heterocycles. The molecule has 0 spiro atoms. The molecule has 4 heteroatoms. The first-order valence-electron chi connectivity index (χ1n) is 8.13. The third-order valence-corrected chi connectivity index (χ3v) is 4.30. The van der Waals surface area contributed by atoms with E-state index in [0.717, 1.165) is 43.4 Å². The number of nitrogens with two attached hydrogens (primary N) is 1. The zero-order valence-electron chi connectivity index (χ0n) is 13.6. The molecule has 0 aromatic heterocycles. The summed E-state index contributed by atoms with van der Waals surface area (Å²) in [4.78, 5) is 2.39. The van der Waals surface area contributed by atoms with Crippen LogP contribution >= 0.6 is 0 Å². The number of hydrogen-bond donors (Lipinski definition) is 1. The van der Waals surface area contributed by atoms with Gasteiger partial charge in [0.15, 0.2) is 0 Å². The van der Waals surface area contributed by atoms with Crippen LogP contribution in [0.15, 0.2) is 48.5 Å². The van der Waals surface area contributed by atoms with Gasteiger partial charge in [-0.15, -0.1) is 0 Å². The molecule has 122 valence electrons. The standard InChI is InChI=1S/C19H24N2O2/c1-15-4-2-3-5-19(15)23-17-8-6-16(7-9-17)18(14-20)21-10-12-22-13-11-21/h2-9,18H,10-14,20H2,1H3. The molecule has 2 aromatic rings. The SMILES string of the molecule is Cc1ccccc1Oc1ccc(C(CN)N2CCOCC2)cc1. The fraction of sp³-hybridized carbons (Fsp3) is 0.368. The van der Waals surface area contributed by atoms with Crippen molar-refractivity contribution in [2.75, 3.05) is 32.8 Å². The van der Waals surface area contributed by atoms with Crippen molar-refractivity contribution in [3.63, 3.8) is 0 Å². The van der Waals surface area contributed by atoms with Crippen LogP contribution in [0.25, 0.3) is 0 Å². The molecule has 2 N–H and O–H groups in total. The number of para-hydroxylation sites is 1. The molecule has 1 fully saturated rings. The van der Waals surface area contributed by atoms with Crippen molar-refractivity contribution in [3.8, 4) is 11.5 Å². The minimum atomic E-state index is 0.242. The van der Waals surface area contributed by atoms with Gasteiger partial charge in [0.1, 0.15) is 11.5 Å². The quantitative estimate of drug-likeness (QED) is 0.921. The number of ether oxygens (including phenoxy) is 2. The van der Waals surface area contributed by atoms with E-state index >= 15 is 0 Å². The van der Waals surface area contributed by atoms with Crippen LogP contribution in [0.3, 0.4) is 0 Å². The van der Waals surface area contributed by atoms with Crippen LogP contribution in [0.1, 0.15) is 17.2 Å². The van der Waals surface area contributed by atoms with Crippen LogP contribution in [-0.2, 0) is 4.74 Å². The normalized spacial score (nSPS) is 17.0. The number of hydrogen-bond acceptors (Lipinski definition) is 4. The highest BCUT2D eigenvalue weighted by molar-refractivity contribution is 5.38. The second kappa shape index (κ2) is 7.59. The summed E-state index contributed by atoms with van der Waals surface area (Å²) in [5.74, 6) is 1.74. The van der Waals surface area contributed by atoms with Crippen LogP contribution in [0.2, 0.25) is 0 Å². The van der Waals surface area contributed by atoms with Crippen LogP contribution in [0, 0.1) is 6.92 Å². The highest BCUT2D eigenvalue weighted by Gasteiger charge is 2.21. The van der Waals surface area contributed by atoms with Gasteiger partial charge in [-0.05, 0) is 36.2 Å². The Kier molecular flexibility index (Phi) is 5.28. The zero-order valence-corrected chi connectivity index (χ0v) is 13.6. The van der Waals surface area contributed by atoms with Gasteiger partial charge in [0, 0.05) is 25.7 Å². The zero-order chi connectivity index (χ0) is 16.1. The monoisotopic (exact) mass is 312 g/mol. The highest BCUT2D eigenvalue weighted by Crippen LogP contribution is 2.27. The average molecular weight is 312 g/mol. The van der Waals surface area contributed by atoms with Crippen molar-refractivity contribution in [2.45, 2.75) is 13.0 Å². The molecule has 1 aliphatic rings. The lowest BCUT2D eigenvalue weighted by Gasteiger charge is -2.34. The van der Waals surface area contributed by atoms with Gasteiger partial charge in [-0.25, -0.2) is 0 Å². The smallest absolute Gasteiger partial charge is 0.130 e. The molecule has 23 heavy (non-hydrogen) atoms. The van der Waals surface area contributed by atoms with Gasteiger partial charge in [-0.2, -0.15) is 0 Å². The van der Waals surface area contributed by atoms with E-state index in [1.165, 1.54) is 5.56 Å². The lowest BCUT2D eigenvalue weighted by molar-refractivity contribution is 0.0179. The predicted molar refractivity (Wildman–Crippen MR) is 91.9 cm³/mol. The lowest BCUT2D eigenvalue weighted by atomic mass is 10.0. The fourth-order valence-corrected chi connectivity index (χ4v) is 2.94. The lowest BCUT2D eigenvalue weighted by Crippen LogP contribution is -2.41. The molecule has 0 radical (unpaired) electrons. The van der Waals surface area contributed by atoms with Crippen LogP contribution in [0.4, 0.5) is 0 Å². The van der Waals surface area contributed by atoms with Crippen molar-refractivity contribution >= 4 is 0 Å². The Labute approximate surface area is 137 Å². The summed E-state index contributed by atoms with van der Waals surface area (Å²) in [5, 5.41) is 0. The highest BCUT2D eigenvalue weighted by atomic mass is 16.5. The summed E-state index contributed by atoms with van der Waals surface area (Å²) in [5.41, 5.74) is 8.36. The predicted octanol–water partition coefficient (Wildman–Crippen LogP) is 3.12. The molecule has 0 aliphatic carbocycles. The Morgan fingerprint density at radius 3 is 2.43 bits per heavy atom. The van der Waals surface area contributed by atoms with Crippen molar-refractivity contribution in [3.05, 3.63) is 59.7 Å². The Balaban J connectivity index is 1.71. The third kappa shape index (κ3) is 3.91. The minimum Gasteiger partial charge on any atom is -0.457 e. The van der Waals surface area contributed by atoms with Crippen molar-refractivity contribution in [1.29, 1.82) is 0 Å². The molecule has 1 heterocycles. The molecular formula is C19H24N2O2. The Bertz CT molecular complexity index is 622. The maximum atomic E-state index is 6.00. The van der Waals surface area contributed by atoms with Gasteiger partial charge in [-0.3, -0.25) is 4.90 Å². The minimum absolute atomic E-state index is 0.242. The molecule has 0 saturated carbocycles. The topological polar surface area (TPSA) is 47.7 Å². The molecule has 1 unspecified atom stereocenters. The number of benzene rings is 2. The van der Waals surface area contributed by atoms with Crippen molar-refractivity contribution in [2.24, 2.45) is 5.73 Å². The van der Waals surface area contributed by atoms with E-state index in [-0.39, 0.29) is 6.04 Å². The van der Waals surface area contributed by atoms with Crippen LogP contribution < -0.4 is 10.5 Å². The largest absolute Gasteiger partial charge is 0.457 e. The van der Waals surface area contributed by atoms with E-state index in [0.29, 0.717) is 6.54 Å². The molecule has 0 bridgehead atoms. The van der Waals surface area contributed by atoms with Gasteiger partial charge in [-0.1, -0.05) is 30.3 Å². The van der Waals surface area contributed by atoms with Crippen molar-refractivity contribution in [1.82, 2.24) is 4.90 Å². The first-order chi connectivity index (χ1) is 11.3. The fourth-order valence-electron chi connectivity index (χ4n) is 2.94. The van der Waals surface area contributed by atoms with E-state index < -0.39 is 0 Å². The van der Waals surface area contributed by atoms with Gasteiger partial charge in [0.05, 0.1) is 13.2 Å². The second-order valence-electron chi connectivity index (χ2n) is 5.84. The van der Waals surface area contributed by atoms with Gasteiger partial charge in [0.2, 0.25) is 0 Å². The summed E-state index contributed by atoms with van der Waals surface area (Å²) >= 11 is 0. The molecule has 2 aromatic carbocycles. The molecule has 4 nitrogen and oxygen atoms in total. The summed E-state index contributed by atoms with van der Waals surface area (Å²) in [7, 11) is 0. The average Bonchev–Trinajstić information content (AvgIpc) is 2.60. The first kappa shape index (κ1) is 16.0. The van der Waals surface area contributed by atoms with E-state index in [1.54, 1.807) is 0 Å². The number of rotatable bonds is 5. The van der Waals surface area contributed by atoms with Crippen LogP contribution in [-0.4, -0.2) is 37.7 Å². The summed E-state index contributed by atoms with van der Waals surface area (Å²) in [6.07, 6.45) is 0. The molecular weight excluding hydrogens is 288 g/mol. The number of morpholine rings is 1.